The average molecular weight is 346 g/mol. The van der Waals surface area contributed by atoms with E-state index in [9.17, 15) is 21.6 Å². The molecule has 2 aromatic rings. The number of pyridine rings is 1. The van der Waals surface area contributed by atoms with Gasteiger partial charge in [0.05, 0.1) is 17.6 Å². The van der Waals surface area contributed by atoms with Crippen LogP contribution in [0.3, 0.4) is 0 Å². The van der Waals surface area contributed by atoms with Crippen molar-refractivity contribution in [2.24, 2.45) is 0 Å². The van der Waals surface area contributed by atoms with E-state index in [1.165, 1.54) is 25.4 Å². The largest absolute Gasteiger partial charge is 0.481 e. The first-order valence-corrected chi connectivity index (χ1v) is 7.87. The SMILES string of the molecule is COc1ccc(CNS(=O)(=O)c2ccccc2C(F)(F)F)cn1. The Morgan fingerprint density at radius 2 is 1.87 bits per heavy atom. The molecule has 0 atom stereocenters. The van der Waals surface area contributed by atoms with Gasteiger partial charge in [0, 0.05) is 18.8 Å². The third-order valence-corrected chi connectivity index (χ3v) is 4.41. The number of aromatic nitrogens is 1. The van der Waals surface area contributed by atoms with Crippen molar-refractivity contribution in [3.05, 3.63) is 53.7 Å². The number of ether oxygens (including phenoxy) is 1. The van der Waals surface area contributed by atoms with Gasteiger partial charge in [0.1, 0.15) is 0 Å². The van der Waals surface area contributed by atoms with Crippen molar-refractivity contribution < 1.29 is 26.3 Å². The fourth-order valence-corrected chi connectivity index (χ4v) is 3.07. The van der Waals surface area contributed by atoms with Crippen LogP contribution in [-0.4, -0.2) is 20.5 Å². The second kappa shape index (κ2) is 6.55. The number of nitrogens with one attached hydrogen (secondary N) is 1. The zero-order chi connectivity index (χ0) is 17.1. The second-order valence-corrected chi connectivity index (χ2v) is 6.26. The highest BCUT2D eigenvalue weighted by Crippen LogP contribution is 2.33. The lowest BCUT2D eigenvalue weighted by Gasteiger charge is -2.13. The molecule has 124 valence electrons. The summed E-state index contributed by atoms with van der Waals surface area (Å²) in [4.78, 5) is 3.08. The molecule has 0 radical (unpaired) electrons. The maximum Gasteiger partial charge on any atom is 0.417 e. The van der Waals surface area contributed by atoms with E-state index in [1.54, 1.807) is 6.07 Å². The zero-order valence-electron chi connectivity index (χ0n) is 12.0. The minimum atomic E-state index is -4.76. The molecular weight excluding hydrogens is 333 g/mol. The first-order chi connectivity index (χ1) is 10.7. The van der Waals surface area contributed by atoms with Crippen LogP contribution in [0.25, 0.3) is 0 Å². The topological polar surface area (TPSA) is 68.3 Å². The summed E-state index contributed by atoms with van der Waals surface area (Å²) < 4.78 is 70.0. The Labute approximate surface area is 131 Å². The maximum atomic E-state index is 12.9. The molecular formula is C14H13F3N2O3S. The normalized spacial score (nSPS) is 12.2. The number of methoxy groups -OCH3 is 1. The summed E-state index contributed by atoms with van der Waals surface area (Å²) in [6.45, 7) is -0.189. The number of alkyl halides is 3. The van der Waals surface area contributed by atoms with Crippen molar-refractivity contribution in [1.82, 2.24) is 9.71 Å². The van der Waals surface area contributed by atoms with Gasteiger partial charge in [-0.1, -0.05) is 18.2 Å². The van der Waals surface area contributed by atoms with Crippen LogP contribution in [0.15, 0.2) is 47.5 Å². The van der Waals surface area contributed by atoms with Crippen LogP contribution in [0.4, 0.5) is 13.2 Å². The molecule has 9 heteroatoms. The van der Waals surface area contributed by atoms with Gasteiger partial charge in [-0.05, 0) is 17.7 Å². The average Bonchev–Trinajstić information content (AvgIpc) is 2.53. The highest BCUT2D eigenvalue weighted by atomic mass is 32.2. The van der Waals surface area contributed by atoms with Crippen molar-refractivity contribution in [2.75, 3.05) is 7.11 Å². The van der Waals surface area contributed by atoms with Gasteiger partial charge >= 0.3 is 6.18 Å². The van der Waals surface area contributed by atoms with Crippen LogP contribution in [0, 0.1) is 0 Å². The molecule has 0 aliphatic rings. The molecule has 0 saturated heterocycles. The Bertz CT molecular complexity index is 775. The van der Waals surface area contributed by atoms with Gasteiger partial charge in [-0.25, -0.2) is 18.1 Å². The summed E-state index contributed by atoms with van der Waals surface area (Å²) in [7, 11) is -2.89. The molecule has 23 heavy (non-hydrogen) atoms. The van der Waals surface area contributed by atoms with E-state index in [-0.39, 0.29) is 6.54 Å². The number of hydrogen-bond acceptors (Lipinski definition) is 4. The van der Waals surface area contributed by atoms with Crippen molar-refractivity contribution in [1.29, 1.82) is 0 Å². The smallest absolute Gasteiger partial charge is 0.417 e. The second-order valence-electron chi connectivity index (χ2n) is 4.53. The predicted molar refractivity (Wildman–Crippen MR) is 76.3 cm³/mol. The molecule has 0 fully saturated rings. The third-order valence-electron chi connectivity index (χ3n) is 2.96. The van der Waals surface area contributed by atoms with Crippen LogP contribution in [0.5, 0.6) is 5.88 Å². The number of halogens is 3. The van der Waals surface area contributed by atoms with Crippen LogP contribution in [0.2, 0.25) is 0 Å². The lowest BCUT2D eigenvalue weighted by Crippen LogP contribution is -2.26. The van der Waals surface area contributed by atoms with Crippen molar-refractivity contribution in [3.8, 4) is 5.88 Å². The first-order valence-electron chi connectivity index (χ1n) is 6.39. The molecule has 5 nitrogen and oxygen atoms in total. The van der Waals surface area contributed by atoms with Crippen molar-refractivity contribution >= 4 is 10.0 Å². The summed E-state index contributed by atoms with van der Waals surface area (Å²) in [5.41, 5.74) is -0.723. The van der Waals surface area contributed by atoms with E-state index in [4.69, 9.17) is 4.74 Å². The van der Waals surface area contributed by atoms with Gasteiger partial charge in [-0.2, -0.15) is 13.2 Å². The Kier molecular flexibility index (Phi) is 4.90. The van der Waals surface area contributed by atoms with Crippen LogP contribution in [-0.2, 0) is 22.7 Å². The fraction of sp³-hybridized carbons (Fsp3) is 0.214. The van der Waals surface area contributed by atoms with E-state index < -0.39 is 26.7 Å². The molecule has 0 aliphatic carbocycles. The summed E-state index contributed by atoms with van der Waals surface area (Å²) >= 11 is 0. The molecule has 0 saturated carbocycles. The Morgan fingerprint density at radius 1 is 1.17 bits per heavy atom. The van der Waals surface area contributed by atoms with Gasteiger partial charge < -0.3 is 4.74 Å². The summed E-state index contributed by atoms with van der Waals surface area (Å²) in [6.07, 6.45) is -3.38. The third kappa shape index (κ3) is 4.20. The molecule has 0 spiro atoms. The van der Waals surface area contributed by atoms with Gasteiger partial charge in [0.15, 0.2) is 0 Å². The molecule has 0 aliphatic heterocycles. The van der Waals surface area contributed by atoms with Gasteiger partial charge in [0.25, 0.3) is 0 Å². The van der Waals surface area contributed by atoms with Gasteiger partial charge in [-0.3, -0.25) is 0 Å². The van der Waals surface area contributed by atoms with Crippen LogP contribution < -0.4 is 9.46 Å². The minimum absolute atomic E-state index is 0.189. The molecule has 0 amide bonds. The quantitative estimate of drug-likeness (QED) is 0.904. The lowest BCUT2D eigenvalue weighted by atomic mass is 10.2. The highest BCUT2D eigenvalue weighted by molar-refractivity contribution is 7.89. The van der Waals surface area contributed by atoms with Crippen LogP contribution >= 0.6 is 0 Å². The lowest BCUT2D eigenvalue weighted by molar-refractivity contribution is -0.139. The Morgan fingerprint density at radius 3 is 2.43 bits per heavy atom. The molecule has 1 N–H and O–H groups in total. The molecule has 0 bridgehead atoms. The summed E-state index contributed by atoms with van der Waals surface area (Å²) in [6, 6.07) is 7.09. The highest BCUT2D eigenvalue weighted by Gasteiger charge is 2.36. The minimum Gasteiger partial charge on any atom is -0.481 e. The van der Waals surface area contributed by atoms with Gasteiger partial charge in [-0.15, -0.1) is 0 Å². The van der Waals surface area contributed by atoms with E-state index in [0.717, 1.165) is 18.2 Å². The monoisotopic (exact) mass is 346 g/mol. The van der Waals surface area contributed by atoms with Crippen LogP contribution in [0.1, 0.15) is 11.1 Å². The molecule has 0 unspecified atom stereocenters. The summed E-state index contributed by atoms with van der Waals surface area (Å²) in [5.74, 6) is 0.346. The zero-order valence-corrected chi connectivity index (χ0v) is 12.8. The summed E-state index contributed by atoms with van der Waals surface area (Å²) in [5, 5.41) is 0. The van der Waals surface area contributed by atoms with E-state index in [2.05, 4.69) is 9.71 Å². The number of sulfonamides is 1. The standard InChI is InChI=1S/C14H13F3N2O3S/c1-22-13-7-6-10(8-18-13)9-19-23(20,21)12-5-3-2-4-11(12)14(15,16)17/h2-8,19H,9H2,1H3. The fourth-order valence-electron chi connectivity index (χ4n) is 1.83. The van der Waals surface area contributed by atoms with E-state index >= 15 is 0 Å². The number of benzene rings is 1. The number of rotatable bonds is 5. The predicted octanol–water partition coefficient (Wildman–Crippen LogP) is 2.59. The Balaban J connectivity index is 2.22. The maximum absolute atomic E-state index is 12.9. The van der Waals surface area contributed by atoms with Crippen molar-refractivity contribution in [2.45, 2.75) is 17.6 Å². The Hall–Kier alpha value is -2.13. The van der Waals surface area contributed by atoms with E-state index in [0.29, 0.717) is 11.4 Å². The molecule has 1 aromatic carbocycles. The first kappa shape index (κ1) is 17.2. The van der Waals surface area contributed by atoms with Crippen molar-refractivity contribution in [3.63, 3.8) is 0 Å². The molecule has 1 aromatic heterocycles. The van der Waals surface area contributed by atoms with Gasteiger partial charge in [0.2, 0.25) is 15.9 Å². The number of nitrogens with zero attached hydrogens (tertiary/aromatic N) is 1. The van der Waals surface area contributed by atoms with E-state index in [1.807, 2.05) is 0 Å². The molecule has 2 rings (SSSR count). The molecule has 1 heterocycles. The number of hydrogen-bond donors (Lipinski definition) is 1.